The molecule has 5 nitrogen and oxygen atoms in total. The van der Waals surface area contributed by atoms with Crippen LogP contribution in [0.4, 0.5) is 0 Å². The third-order valence-electron chi connectivity index (χ3n) is 4.13. The van der Waals surface area contributed by atoms with Gasteiger partial charge in [-0.25, -0.2) is 4.79 Å². The van der Waals surface area contributed by atoms with Crippen LogP contribution >= 0.6 is 0 Å². The summed E-state index contributed by atoms with van der Waals surface area (Å²) in [4.78, 5) is 28.5. The summed E-state index contributed by atoms with van der Waals surface area (Å²) in [6.45, 7) is 5.44. The van der Waals surface area contributed by atoms with Crippen LogP contribution in [0, 0.1) is 0 Å². The Labute approximate surface area is 158 Å². The van der Waals surface area contributed by atoms with Gasteiger partial charge >= 0.3 is 5.97 Å². The highest BCUT2D eigenvalue weighted by Crippen LogP contribution is 2.20. The van der Waals surface area contributed by atoms with Crippen molar-refractivity contribution in [1.29, 1.82) is 0 Å². The Kier molecular flexibility index (Phi) is 5.31. The number of hydrogen-bond acceptors (Lipinski definition) is 3. The van der Waals surface area contributed by atoms with Gasteiger partial charge in [-0.3, -0.25) is 4.79 Å². The first-order chi connectivity index (χ1) is 12.8. The van der Waals surface area contributed by atoms with Gasteiger partial charge in [0.05, 0.1) is 0 Å². The molecule has 1 atom stereocenters. The number of aromatic amines is 1. The molecule has 3 aromatic rings. The van der Waals surface area contributed by atoms with Gasteiger partial charge < -0.3 is 15.0 Å². The number of nitrogens with one attached hydrogen (secondary N) is 2. The van der Waals surface area contributed by atoms with Gasteiger partial charge in [-0.05, 0) is 44.5 Å². The largest absolute Gasteiger partial charge is 0.458 e. The predicted molar refractivity (Wildman–Crippen MR) is 106 cm³/mol. The van der Waals surface area contributed by atoms with Crippen molar-refractivity contribution in [3.05, 3.63) is 71.9 Å². The number of amides is 1. The van der Waals surface area contributed by atoms with E-state index in [4.69, 9.17) is 4.74 Å². The van der Waals surface area contributed by atoms with Crippen molar-refractivity contribution >= 4 is 22.8 Å². The molecule has 27 heavy (non-hydrogen) atoms. The number of hydrogen-bond donors (Lipinski definition) is 2. The Hall–Kier alpha value is -3.08. The van der Waals surface area contributed by atoms with Crippen LogP contribution in [0.5, 0.6) is 0 Å². The van der Waals surface area contributed by atoms with E-state index in [1.165, 1.54) is 0 Å². The van der Waals surface area contributed by atoms with E-state index in [1.54, 1.807) is 24.3 Å². The van der Waals surface area contributed by atoms with Crippen molar-refractivity contribution < 1.29 is 14.3 Å². The highest BCUT2D eigenvalue weighted by molar-refractivity contribution is 5.97. The number of aromatic nitrogens is 1. The number of rotatable bonds is 5. The molecule has 0 aliphatic heterocycles. The molecule has 0 aliphatic rings. The SMILES string of the molecule is CC(C)(C)OC(=O)C(Cc1c[nH]c2ccccc12)NC(=O)c1ccccc1. The fourth-order valence-corrected chi connectivity index (χ4v) is 2.92. The first-order valence-electron chi connectivity index (χ1n) is 8.97. The number of ether oxygens (including phenoxy) is 1. The average Bonchev–Trinajstić information content (AvgIpc) is 3.03. The summed E-state index contributed by atoms with van der Waals surface area (Å²) in [7, 11) is 0. The fraction of sp³-hybridized carbons (Fsp3) is 0.273. The van der Waals surface area contributed by atoms with Gasteiger partial charge in [0.2, 0.25) is 0 Å². The number of H-pyrrole nitrogens is 1. The molecule has 0 saturated heterocycles. The van der Waals surface area contributed by atoms with Crippen LogP contribution in [-0.4, -0.2) is 28.5 Å². The number of fused-ring (bicyclic) bond motifs is 1. The van der Waals surface area contributed by atoms with Gasteiger partial charge in [-0.15, -0.1) is 0 Å². The van der Waals surface area contributed by atoms with E-state index in [9.17, 15) is 9.59 Å². The molecule has 2 aromatic carbocycles. The van der Waals surface area contributed by atoms with Crippen molar-refractivity contribution in [2.75, 3.05) is 0 Å². The lowest BCUT2D eigenvalue weighted by Gasteiger charge is -2.24. The van der Waals surface area contributed by atoms with Crippen LogP contribution in [0.15, 0.2) is 60.8 Å². The molecule has 3 rings (SSSR count). The van der Waals surface area contributed by atoms with Gasteiger partial charge in [0, 0.05) is 29.1 Å². The van der Waals surface area contributed by atoms with Gasteiger partial charge in [0.1, 0.15) is 11.6 Å². The Bertz CT molecular complexity index is 939. The van der Waals surface area contributed by atoms with Crippen molar-refractivity contribution in [2.45, 2.75) is 38.8 Å². The molecule has 1 unspecified atom stereocenters. The van der Waals surface area contributed by atoms with E-state index in [-0.39, 0.29) is 5.91 Å². The maximum Gasteiger partial charge on any atom is 0.329 e. The molecule has 0 fully saturated rings. The van der Waals surface area contributed by atoms with E-state index < -0.39 is 17.6 Å². The van der Waals surface area contributed by atoms with Crippen LogP contribution < -0.4 is 5.32 Å². The fourth-order valence-electron chi connectivity index (χ4n) is 2.92. The Morgan fingerprint density at radius 3 is 2.41 bits per heavy atom. The molecule has 1 heterocycles. The maximum atomic E-state index is 12.7. The molecule has 0 bridgehead atoms. The van der Waals surface area contributed by atoms with Crippen LogP contribution in [-0.2, 0) is 16.0 Å². The van der Waals surface area contributed by atoms with E-state index in [2.05, 4.69) is 10.3 Å². The second kappa shape index (κ2) is 7.66. The molecule has 0 aliphatic carbocycles. The van der Waals surface area contributed by atoms with E-state index in [0.29, 0.717) is 12.0 Å². The second-order valence-electron chi connectivity index (χ2n) is 7.49. The summed E-state index contributed by atoms with van der Waals surface area (Å²) >= 11 is 0. The summed E-state index contributed by atoms with van der Waals surface area (Å²) in [6, 6.07) is 15.9. The first-order valence-corrected chi connectivity index (χ1v) is 8.97. The predicted octanol–water partition coefficient (Wildman–Crippen LogP) is 3.85. The summed E-state index contributed by atoms with van der Waals surface area (Å²) in [5.74, 6) is -0.747. The molecular formula is C22H24N2O3. The van der Waals surface area contributed by atoms with Crippen LogP contribution in [0.2, 0.25) is 0 Å². The van der Waals surface area contributed by atoms with Gasteiger partial charge in [-0.2, -0.15) is 0 Å². The highest BCUT2D eigenvalue weighted by atomic mass is 16.6. The lowest BCUT2D eigenvalue weighted by molar-refractivity contribution is -0.157. The topological polar surface area (TPSA) is 71.2 Å². The van der Waals surface area contributed by atoms with Crippen LogP contribution in [0.25, 0.3) is 10.9 Å². The third kappa shape index (κ3) is 4.76. The molecule has 0 radical (unpaired) electrons. The van der Waals surface area contributed by atoms with Crippen molar-refractivity contribution in [2.24, 2.45) is 0 Å². The Balaban J connectivity index is 1.85. The van der Waals surface area contributed by atoms with Gasteiger partial charge in [0.25, 0.3) is 5.91 Å². The zero-order valence-corrected chi connectivity index (χ0v) is 15.8. The average molecular weight is 364 g/mol. The summed E-state index contributed by atoms with van der Waals surface area (Å²) < 4.78 is 5.53. The molecule has 0 saturated carbocycles. The highest BCUT2D eigenvalue weighted by Gasteiger charge is 2.28. The molecule has 1 aromatic heterocycles. The monoisotopic (exact) mass is 364 g/mol. The number of esters is 1. The minimum absolute atomic E-state index is 0.300. The zero-order valence-electron chi connectivity index (χ0n) is 15.8. The van der Waals surface area contributed by atoms with E-state index in [0.717, 1.165) is 16.5 Å². The van der Waals surface area contributed by atoms with Crippen molar-refractivity contribution in [3.8, 4) is 0 Å². The molecule has 2 N–H and O–H groups in total. The van der Waals surface area contributed by atoms with Crippen LogP contribution in [0.1, 0.15) is 36.7 Å². The molecule has 0 spiro atoms. The van der Waals surface area contributed by atoms with E-state index in [1.807, 2.05) is 57.3 Å². The summed E-state index contributed by atoms with van der Waals surface area (Å²) in [5.41, 5.74) is 1.82. The molecule has 5 heteroatoms. The van der Waals surface area contributed by atoms with Crippen molar-refractivity contribution in [1.82, 2.24) is 10.3 Å². The third-order valence-corrected chi connectivity index (χ3v) is 4.13. The van der Waals surface area contributed by atoms with Gasteiger partial charge in [-0.1, -0.05) is 36.4 Å². The summed E-state index contributed by atoms with van der Waals surface area (Å²) in [6.07, 6.45) is 2.22. The smallest absolute Gasteiger partial charge is 0.329 e. The quantitative estimate of drug-likeness (QED) is 0.676. The second-order valence-corrected chi connectivity index (χ2v) is 7.49. The lowest BCUT2D eigenvalue weighted by atomic mass is 10.0. The molecule has 1 amide bonds. The summed E-state index contributed by atoms with van der Waals surface area (Å²) in [5, 5.41) is 3.86. The van der Waals surface area contributed by atoms with Crippen LogP contribution in [0.3, 0.4) is 0 Å². The standard InChI is InChI=1S/C22H24N2O3/c1-22(2,3)27-21(26)19(24-20(25)15-9-5-4-6-10-15)13-16-14-23-18-12-8-7-11-17(16)18/h4-12,14,19,23H,13H2,1-3H3,(H,24,25). The minimum atomic E-state index is -0.781. The molecule has 140 valence electrons. The van der Waals surface area contributed by atoms with E-state index >= 15 is 0 Å². The maximum absolute atomic E-state index is 12.7. The number of para-hydroxylation sites is 1. The molecular weight excluding hydrogens is 340 g/mol. The number of carbonyl (C=O) groups excluding carboxylic acids is 2. The number of benzene rings is 2. The minimum Gasteiger partial charge on any atom is -0.458 e. The van der Waals surface area contributed by atoms with Crippen molar-refractivity contribution in [3.63, 3.8) is 0 Å². The first kappa shape index (κ1) is 18.7. The zero-order chi connectivity index (χ0) is 19.4. The normalized spacial score (nSPS) is 12.6. The number of carbonyl (C=O) groups is 2. The Morgan fingerprint density at radius 1 is 1.04 bits per heavy atom. The lowest BCUT2D eigenvalue weighted by Crippen LogP contribution is -2.45. The van der Waals surface area contributed by atoms with Gasteiger partial charge in [0.15, 0.2) is 0 Å². The Morgan fingerprint density at radius 2 is 1.70 bits per heavy atom.